The Balaban J connectivity index is 1.51. The van der Waals surface area contributed by atoms with Crippen LogP contribution in [0.15, 0.2) is 77.6 Å². The van der Waals surface area contributed by atoms with Gasteiger partial charge >= 0.3 is 0 Å². The summed E-state index contributed by atoms with van der Waals surface area (Å²) < 4.78 is 7.85. The summed E-state index contributed by atoms with van der Waals surface area (Å²) in [6, 6.07) is 19.0. The molecule has 0 aliphatic carbocycles. The molecule has 5 rings (SSSR count). The number of oxazole rings is 1. The molecule has 6 nitrogen and oxygen atoms in total. The summed E-state index contributed by atoms with van der Waals surface area (Å²) in [7, 11) is 0. The van der Waals surface area contributed by atoms with Gasteiger partial charge in [-0.05, 0) is 49.4 Å². The lowest BCUT2D eigenvalue weighted by atomic mass is 10.1. The zero-order valence-electron chi connectivity index (χ0n) is 16.7. The van der Waals surface area contributed by atoms with E-state index in [-0.39, 0.29) is 6.61 Å². The molecule has 0 unspecified atom stereocenters. The number of benzene rings is 3. The second kappa shape index (κ2) is 7.91. The number of halogens is 1. The van der Waals surface area contributed by atoms with Crippen molar-refractivity contribution in [3.8, 4) is 17.1 Å². The molecule has 0 atom stereocenters. The molecule has 0 amide bonds. The van der Waals surface area contributed by atoms with Gasteiger partial charge in [0.2, 0.25) is 5.89 Å². The number of nitrogens with zero attached hydrogens (tertiary/aromatic N) is 3. The van der Waals surface area contributed by atoms with Gasteiger partial charge < -0.3 is 19.4 Å². The van der Waals surface area contributed by atoms with Gasteiger partial charge in [-0.1, -0.05) is 29.8 Å². The van der Waals surface area contributed by atoms with Gasteiger partial charge in [0.15, 0.2) is 5.58 Å². The van der Waals surface area contributed by atoms with Gasteiger partial charge in [0.05, 0.1) is 40.6 Å². The van der Waals surface area contributed by atoms with E-state index in [1.54, 1.807) is 6.33 Å². The third-order valence-corrected chi connectivity index (χ3v) is 5.37. The third kappa shape index (κ3) is 3.67. The maximum Gasteiger partial charge on any atom is 0.228 e. The van der Waals surface area contributed by atoms with Crippen LogP contribution in [0.4, 0.5) is 11.4 Å². The Hall–Kier alpha value is -3.61. The van der Waals surface area contributed by atoms with Gasteiger partial charge in [0.1, 0.15) is 5.52 Å². The summed E-state index contributed by atoms with van der Waals surface area (Å²) in [4.78, 5) is 8.94. The minimum absolute atomic E-state index is 0.0904. The van der Waals surface area contributed by atoms with Crippen LogP contribution in [-0.2, 0) is 6.61 Å². The number of aliphatic hydroxyl groups is 1. The number of anilines is 2. The Labute approximate surface area is 183 Å². The van der Waals surface area contributed by atoms with Crippen molar-refractivity contribution >= 4 is 34.1 Å². The second-order valence-electron chi connectivity index (χ2n) is 7.20. The predicted molar refractivity (Wildman–Crippen MR) is 122 cm³/mol. The highest BCUT2D eigenvalue weighted by atomic mass is 35.5. The van der Waals surface area contributed by atoms with Crippen molar-refractivity contribution in [2.45, 2.75) is 13.5 Å². The highest BCUT2D eigenvalue weighted by Gasteiger charge is 2.14. The molecule has 0 saturated heterocycles. The summed E-state index contributed by atoms with van der Waals surface area (Å²) >= 11 is 6.31. The summed E-state index contributed by atoms with van der Waals surface area (Å²) in [5, 5.41) is 13.9. The number of hydrogen-bond acceptors (Lipinski definition) is 5. The van der Waals surface area contributed by atoms with Crippen LogP contribution in [0.25, 0.3) is 28.2 Å². The van der Waals surface area contributed by atoms with E-state index in [0.717, 1.165) is 33.9 Å². The van der Waals surface area contributed by atoms with Crippen molar-refractivity contribution in [3.63, 3.8) is 0 Å². The van der Waals surface area contributed by atoms with Gasteiger partial charge in [0.25, 0.3) is 0 Å². The van der Waals surface area contributed by atoms with Crippen LogP contribution in [0.5, 0.6) is 0 Å². The zero-order chi connectivity index (χ0) is 21.4. The maximum atomic E-state index is 9.90. The summed E-state index contributed by atoms with van der Waals surface area (Å²) in [6.07, 6.45) is 3.66. The molecule has 5 aromatic rings. The van der Waals surface area contributed by atoms with Crippen molar-refractivity contribution in [1.82, 2.24) is 14.5 Å². The van der Waals surface area contributed by atoms with Crippen LogP contribution < -0.4 is 5.32 Å². The molecule has 0 fully saturated rings. The van der Waals surface area contributed by atoms with E-state index in [1.807, 2.05) is 78.4 Å². The molecule has 0 bridgehead atoms. The number of fused-ring (bicyclic) bond motifs is 1. The number of aromatic nitrogens is 3. The average molecular weight is 431 g/mol. The molecule has 0 spiro atoms. The smallest absolute Gasteiger partial charge is 0.228 e. The summed E-state index contributed by atoms with van der Waals surface area (Å²) in [6.45, 7) is 1.84. The Kier molecular flexibility index (Phi) is 4.94. The van der Waals surface area contributed by atoms with Crippen LogP contribution in [0.3, 0.4) is 0 Å². The molecule has 0 aliphatic heterocycles. The van der Waals surface area contributed by atoms with Gasteiger partial charge in [-0.15, -0.1) is 0 Å². The van der Waals surface area contributed by atoms with E-state index in [4.69, 9.17) is 16.0 Å². The van der Waals surface area contributed by atoms with E-state index < -0.39 is 0 Å². The Morgan fingerprint density at radius 1 is 1.10 bits per heavy atom. The lowest BCUT2D eigenvalue weighted by molar-refractivity contribution is 0.281. The molecular formula is C24H19ClN4O2. The maximum absolute atomic E-state index is 9.90. The molecule has 3 aromatic carbocycles. The van der Waals surface area contributed by atoms with Crippen LogP contribution in [0.1, 0.15) is 11.3 Å². The molecule has 154 valence electrons. The minimum Gasteiger partial charge on any atom is -0.436 e. The van der Waals surface area contributed by atoms with E-state index in [1.165, 1.54) is 0 Å². The van der Waals surface area contributed by atoms with Gasteiger partial charge in [0, 0.05) is 17.4 Å². The number of imidazole rings is 1. The minimum atomic E-state index is -0.0904. The first kappa shape index (κ1) is 19.4. The monoisotopic (exact) mass is 430 g/mol. The van der Waals surface area contributed by atoms with Crippen molar-refractivity contribution < 1.29 is 9.52 Å². The van der Waals surface area contributed by atoms with E-state index in [9.17, 15) is 5.11 Å². The lowest BCUT2D eigenvalue weighted by Gasteiger charge is -2.12. The highest BCUT2D eigenvalue weighted by molar-refractivity contribution is 6.33. The fourth-order valence-electron chi connectivity index (χ4n) is 3.55. The number of hydrogen-bond donors (Lipinski definition) is 2. The number of rotatable bonds is 5. The van der Waals surface area contributed by atoms with Crippen LogP contribution in [-0.4, -0.2) is 19.6 Å². The molecule has 2 aromatic heterocycles. The summed E-state index contributed by atoms with van der Waals surface area (Å²) in [5.74, 6) is 0.469. The lowest BCUT2D eigenvalue weighted by Crippen LogP contribution is -2.00. The normalized spacial score (nSPS) is 11.2. The van der Waals surface area contributed by atoms with Crippen LogP contribution in [0.2, 0.25) is 5.02 Å². The topological polar surface area (TPSA) is 76.1 Å². The van der Waals surface area contributed by atoms with Gasteiger partial charge in [-0.2, -0.15) is 0 Å². The molecule has 2 N–H and O–H groups in total. The van der Waals surface area contributed by atoms with E-state index >= 15 is 0 Å². The molecule has 0 radical (unpaired) electrons. The number of nitrogens with one attached hydrogen (secondary N) is 1. The Morgan fingerprint density at radius 2 is 1.97 bits per heavy atom. The molecule has 0 saturated carbocycles. The van der Waals surface area contributed by atoms with Crippen molar-refractivity contribution in [2.24, 2.45) is 0 Å². The van der Waals surface area contributed by atoms with Crippen LogP contribution in [0, 0.1) is 6.92 Å². The first-order valence-corrected chi connectivity index (χ1v) is 10.2. The average Bonchev–Trinajstić information content (AvgIpc) is 3.41. The summed E-state index contributed by atoms with van der Waals surface area (Å²) in [5.41, 5.74) is 6.33. The quantitative estimate of drug-likeness (QED) is 0.364. The van der Waals surface area contributed by atoms with Crippen molar-refractivity contribution in [1.29, 1.82) is 0 Å². The Morgan fingerprint density at radius 3 is 2.74 bits per heavy atom. The Bertz CT molecular complexity index is 1390. The van der Waals surface area contributed by atoms with Gasteiger partial charge in [-0.3, -0.25) is 0 Å². The molecule has 2 heterocycles. The zero-order valence-corrected chi connectivity index (χ0v) is 17.5. The van der Waals surface area contributed by atoms with E-state index in [2.05, 4.69) is 15.3 Å². The molecule has 31 heavy (non-hydrogen) atoms. The van der Waals surface area contributed by atoms with Gasteiger partial charge in [-0.25, -0.2) is 9.97 Å². The van der Waals surface area contributed by atoms with Crippen molar-refractivity contribution in [2.75, 3.05) is 5.32 Å². The van der Waals surface area contributed by atoms with Crippen molar-refractivity contribution in [3.05, 3.63) is 89.5 Å². The molecule has 0 aliphatic rings. The molecular weight excluding hydrogens is 412 g/mol. The number of para-hydroxylation sites is 1. The second-order valence-corrected chi connectivity index (χ2v) is 7.61. The number of aryl methyl sites for hydroxylation is 1. The fraction of sp³-hybridized carbons (Fsp3) is 0.0833. The SMILES string of the molecule is Cc1cn(-c2ccc(Nc3cccc4oc(-c5ccccc5Cl)nc34)cc2CO)cn1. The largest absolute Gasteiger partial charge is 0.436 e. The first-order chi connectivity index (χ1) is 15.1. The van der Waals surface area contributed by atoms with E-state index in [0.29, 0.717) is 22.0 Å². The molecule has 7 heteroatoms. The third-order valence-electron chi connectivity index (χ3n) is 5.04. The predicted octanol–water partition coefficient (Wildman–Crippen LogP) is 5.88. The first-order valence-electron chi connectivity index (χ1n) is 9.78. The standard InChI is InChI=1S/C24H19ClN4O2/c1-15-12-29(14-26-15)21-10-9-17(11-16(21)13-30)27-20-7-4-8-22-23(20)28-24(31-22)18-5-2-3-6-19(18)25/h2-12,14,27,30H,13H2,1H3. The number of aliphatic hydroxyl groups excluding tert-OH is 1. The fourth-order valence-corrected chi connectivity index (χ4v) is 3.77. The highest BCUT2D eigenvalue weighted by Crippen LogP contribution is 2.33. The van der Waals surface area contributed by atoms with Crippen LogP contribution >= 0.6 is 11.6 Å².